The van der Waals surface area contributed by atoms with E-state index in [1.54, 1.807) is 0 Å². The second-order valence-corrected chi connectivity index (χ2v) is 16.4. The molecule has 1 unspecified atom stereocenters. The lowest BCUT2D eigenvalue weighted by Gasteiger charge is -2.36. The van der Waals surface area contributed by atoms with Crippen molar-refractivity contribution < 1.29 is 23.7 Å². The third-order valence-electron chi connectivity index (χ3n) is 7.50. The van der Waals surface area contributed by atoms with Crippen molar-refractivity contribution in [3.63, 3.8) is 0 Å². The first-order valence-electron chi connectivity index (χ1n) is 13.7. The van der Waals surface area contributed by atoms with E-state index in [4.69, 9.17) is 28.8 Å². The van der Waals surface area contributed by atoms with Crippen molar-refractivity contribution in [3.8, 4) is 17.0 Å². The summed E-state index contributed by atoms with van der Waals surface area (Å²) in [7, 11) is -1.99. The molecule has 1 aliphatic rings. The average molecular weight is 545 g/mol. The van der Waals surface area contributed by atoms with Crippen LogP contribution in [0, 0.1) is 0 Å². The van der Waals surface area contributed by atoms with Crippen molar-refractivity contribution >= 4 is 19.2 Å². The molecule has 3 heterocycles. The summed E-state index contributed by atoms with van der Waals surface area (Å²) in [4.78, 5) is 0. The minimum absolute atomic E-state index is 0.0155. The van der Waals surface area contributed by atoms with E-state index < -0.39 is 8.32 Å². The molecule has 10 heteroatoms. The highest BCUT2D eigenvalue weighted by atomic mass is 28.4. The Morgan fingerprint density at radius 3 is 2.74 bits per heavy atom. The smallest absolute Gasteiger partial charge is 0.250 e. The van der Waals surface area contributed by atoms with E-state index in [-0.39, 0.29) is 24.0 Å². The highest BCUT2D eigenvalue weighted by Gasteiger charge is 2.39. The third-order valence-corrected chi connectivity index (χ3v) is 11.9. The lowest BCUT2D eigenvalue weighted by atomic mass is 10.1. The Balaban J connectivity index is 1.57. The number of nitrogens with zero attached hydrogens (tertiary/aromatic N) is 4. The Hall–Kier alpha value is -2.24. The standard InChI is InChI=1S/C28H44N4O5Si/c1-21(35-16-13-33)20-34-15-12-31-19-22(18-29-31)27-24-17-23(37-38(5,6)28(2,3)4)10-11-25(24)32(30-27)26-9-7-8-14-36-26/h10-11,17-19,21,26,33H,7-9,12-16,20H2,1-6H3/t21-,26?/m1/s1. The van der Waals surface area contributed by atoms with Crippen LogP contribution in [0.2, 0.25) is 18.1 Å². The molecule has 2 aromatic heterocycles. The summed E-state index contributed by atoms with van der Waals surface area (Å²) in [5, 5.41) is 19.7. The zero-order valence-electron chi connectivity index (χ0n) is 23.8. The molecule has 2 atom stereocenters. The second kappa shape index (κ2) is 12.3. The molecule has 0 amide bonds. The monoisotopic (exact) mass is 544 g/mol. The highest BCUT2D eigenvalue weighted by molar-refractivity contribution is 6.74. The van der Waals surface area contributed by atoms with E-state index in [9.17, 15) is 0 Å². The Morgan fingerprint density at radius 2 is 2.03 bits per heavy atom. The fourth-order valence-corrected chi connectivity index (χ4v) is 5.32. The number of aliphatic hydroxyl groups is 1. The van der Waals surface area contributed by atoms with Crippen molar-refractivity contribution in [2.45, 2.75) is 84.0 Å². The first kappa shape index (κ1) is 28.8. The van der Waals surface area contributed by atoms with Crippen LogP contribution in [0.3, 0.4) is 0 Å². The molecule has 0 bridgehead atoms. The summed E-state index contributed by atoms with van der Waals surface area (Å²) in [6.45, 7) is 15.9. The first-order chi connectivity index (χ1) is 18.1. The summed E-state index contributed by atoms with van der Waals surface area (Å²) in [5.41, 5.74) is 2.88. The van der Waals surface area contributed by atoms with Gasteiger partial charge in [-0.3, -0.25) is 4.68 Å². The number of rotatable bonds is 12. The number of fused-ring (bicyclic) bond motifs is 1. The maximum atomic E-state index is 8.87. The van der Waals surface area contributed by atoms with Crippen molar-refractivity contribution in [2.75, 3.05) is 33.0 Å². The van der Waals surface area contributed by atoms with Crippen molar-refractivity contribution in [1.82, 2.24) is 19.6 Å². The molecular weight excluding hydrogens is 500 g/mol. The van der Waals surface area contributed by atoms with Gasteiger partial charge in [0.1, 0.15) is 11.4 Å². The van der Waals surface area contributed by atoms with Crippen LogP contribution >= 0.6 is 0 Å². The van der Waals surface area contributed by atoms with Gasteiger partial charge in [-0.15, -0.1) is 0 Å². The van der Waals surface area contributed by atoms with Crippen molar-refractivity contribution in [3.05, 3.63) is 30.6 Å². The molecular formula is C28H44N4O5Si. The van der Waals surface area contributed by atoms with Gasteiger partial charge in [-0.25, -0.2) is 4.68 Å². The van der Waals surface area contributed by atoms with E-state index in [1.165, 1.54) is 0 Å². The van der Waals surface area contributed by atoms with Crippen LogP contribution in [0.25, 0.3) is 22.2 Å². The van der Waals surface area contributed by atoms with E-state index >= 15 is 0 Å². The largest absolute Gasteiger partial charge is 0.543 e. The third kappa shape index (κ3) is 6.84. The van der Waals surface area contributed by atoms with Gasteiger partial charge in [-0.2, -0.15) is 10.2 Å². The molecule has 0 radical (unpaired) electrons. The van der Waals surface area contributed by atoms with E-state index in [1.807, 2.05) is 28.7 Å². The summed E-state index contributed by atoms with van der Waals surface area (Å²) in [5.74, 6) is 0.882. The lowest BCUT2D eigenvalue weighted by molar-refractivity contribution is -0.0365. The molecule has 38 heavy (non-hydrogen) atoms. The minimum atomic E-state index is -1.99. The van der Waals surface area contributed by atoms with Gasteiger partial charge < -0.3 is 23.7 Å². The zero-order chi connectivity index (χ0) is 27.3. The van der Waals surface area contributed by atoms with Crippen LogP contribution < -0.4 is 4.43 Å². The van der Waals surface area contributed by atoms with Gasteiger partial charge in [0.25, 0.3) is 0 Å². The molecule has 9 nitrogen and oxygen atoms in total. The van der Waals surface area contributed by atoms with E-state index in [0.717, 1.165) is 53.8 Å². The first-order valence-corrected chi connectivity index (χ1v) is 16.7. The van der Waals surface area contributed by atoms with E-state index in [0.29, 0.717) is 26.4 Å². The van der Waals surface area contributed by atoms with Crippen LogP contribution in [-0.4, -0.2) is 72.1 Å². The highest BCUT2D eigenvalue weighted by Crippen LogP contribution is 2.39. The Kier molecular flexibility index (Phi) is 9.30. The van der Waals surface area contributed by atoms with Gasteiger partial charge in [0.05, 0.1) is 50.8 Å². The number of aliphatic hydroxyl groups excluding tert-OH is 1. The van der Waals surface area contributed by atoms with Crippen molar-refractivity contribution in [2.24, 2.45) is 0 Å². The molecule has 0 saturated carbocycles. The number of hydrogen-bond acceptors (Lipinski definition) is 7. The summed E-state index contributed by atoms with van der Waals surface area (Å²) in [6.07, 6.45) is 6.94. The summed E-state index contributed by atoms with van der Waals surface area (Å²) >= 11 is 0. The average Bonchev–Trinajstić information content (AvgIpc) is 3.49. The Labute approximate surface area is 227 Å². The molecule has 1 aliphatic heterocycles. The van der Waals surface area contributed by atoms with Gasteiger partial charge in [-0.1, -0.05) is 20.8 Å². The predicted molar refractivity (Wildman–Crippen MR) is 151 cm³/mol. The molecule has 0 aliphatic carbocycles. The fraction of sp³-hybridized carbons (Fsp3) is 0.643. The lowest BCUT2D eigenvalue weighted by Crippen LogP contribution is -2.43. The molecule has 3 aromatic rings. The predicted octanol–water partition coefficient (Wildman–Crippen LogP) is 5.40. The molecule has 0 spiro atoms. The molecule has 1 N–H and O–H groups in total. The number of benzene rings is 1. The molecule has 1 saturated heterocycles. The maximum absolute atomic E-state index is 8.87. The maximum Gasteiger partial charge on any atom is 0.250 e. The second-order valence-electron chi connectivity index (χ2n) is 11.6. The van der Waals surface area contributed by atoms with Crippen LogP contribution in [-0.2, 0) is 20.8 Å². The van der Waals surface area contributed by atoms with Gasteiger partial charge in [0.15, 0.2) is 6.23 Å². The van der Waals surface area contributed by atoms with Gasteiger partial charge in [-0.05, 0) is 62.5 Å². The van der Waals surface area contributed by atoms with Crippen molar-refractivity contribution in [1.29, 1.82) is 0 Å². The molecule has 4 rings (SSSR count). The fourth-order valence-electron chi connectivity index (χ4n) is 4.30. The molecule has 210 valence electrons. The summed E-state index contributed by atoms with van der Waals surface area (Å²) in [6, 6.07) is 6.32. The zero-order valence-corrected chi connectivity index (χ0v) is 24.8. The van der Waals surface area contributed by atoms with Crippen LogP contribution in [0.1, 0.15) is 53.2 Å². The summed E-state index contributed by atoms with van der Waals surface area (Å²) < 4.78 is 27.8. The topological polar surface area (TPSA) is 92.8 Å². The number of aromatic nitrogens is 4. The quantitative estimate of drug-likeness (QED) is 0.241. The van der Waals surface area contributed by atoms with Crippen LogP contribution in [0.4, 0.5) is 0 Å². The Bertz CT molecular complexity index is 1180. The van der Waals surface area contributed by atoms with Crippen LogP contribution in [0.5, 0.6) is 5.75 Å². The van der Waals surface area contributed by atoms with Gasteiger partial charge in [0, 0.05) is 23.8 Å². The van der Waals surface area contributed by atoms with Crippen LogP contribution in [0.15, 0.2) is 30.6 Å². The molecule has 1 fully saturated rings. The number of hydrogen-bond donors (Lipinski definition) is 1. The SMILES string of the molecule is C[C@H](COCCn1cc(-c2nn(C3CCCCO3)c3ccc(O[Si](C)(C)C(C)(C)C)cc23)cn1)OCCO. The number of ether oxygens (including phenoxy) is 3. The normalized spacial score (nSPS) is 17.7. The molecule has 1 aromatic carbocycles. The van der Waals surface area contributed by atoms with E-state index in [2.05, 4.69) is 57.2 Å². The van der Waals surface area contributed by atoms with Gasteiger partial charge in [0.2, 0.25) is 8.32 Å². The minimum Gasteiger partial charge on any atom is -0.543 e. The Morgan fingerprint density at radius 1 is 1.21 bits per heavy atom. The van der Waals surface area contributed by atoms with Gasteiger partial charge >= 0.3 is 0 Å².